The Labute approximate surface area is 119 Å². The summed E-state index contributed by atoms with van der Waals surface area (Å²) in [5.74, 6) is -0.159. The van der Waals surface area contributed by atoms with Gasteiger partial charge in [0, 0.05) is 6.54 Å². The summed E-state index contributed by atoms with van der Waals surface area (Å²) in [5, 5.41) is 8.76. The number of hydrogen-bond acceptors (Lipinski definition) is 4. The number of hydrogen-bond donors (Lipinski definition) is 2. The molecule has 20 heavy (non-hydrogen) atoms. The molecule has 5 nitrogen and oxygen atoms in total. The molecule has 0 amide bonds. The van der Waals surface area contributed by atoms with Crippen LogP contribution in [-0.4, -0.2) is 48.3 Å². The van der Waals surface area contributed by atoms with E-state index in [0.717, 1.165) is 17.9 Å². The van der Waals surface area contributed by atoms with E-state index in [-0.39, 0.29) is 0 Å². The Kier molecular flexibility index (Phi) is 5.38. The number of benzene rings is 1. The van der Waals surface area contributed by atoms with E-state index in [1.807, 2.05) is 24.3 Å². The molecule has 1 heterocycles. The van der Waals surface area contributed by atoms with Crippen molar-refractivity contribution in [3.8, 4) is 5.75 Å². The summed E-state index contributed by atoms with van der Waals surface area (Å²) in [6, 6.07) is 6.63. The molecule has 0 aromatic heterocycles. The lowest BCUT2D eigenvalue weighted by Crippen LogP contribution is -2.32. The van der Waals surface area contributed by atoms with Crippen molar-refractivity contribution in [2.45, 2.75) is 25.3 Å². The molecule has 110 valence electrons. The van der Waals surface area contributed by atoms with E-state index in [0.29, 0.717) is 13.0 Å². The zero-order chi connectivity index (χ0) is 14.4. The second kappa shape index (κ2) is 7.26. The van der Waals surface area contributed by atoms with Gasteiger partial charge in [-0.15, -0.1) is 0 Å². The Hall–Kier alpha value is -1.59. The summed E-state index contributed by atoms with van der Waals surface area (Å²) >= 11 is 0. The average molecular weight is 278 g/mol. The van der Waals surface area contributed by atoms with Gasteiger partial charge in [-0.3, -0.25) is 9.69 Å². The van der Waals surface area contributed by atoms with Crippen LogP contribution in [0, 0.1) is 0 Å². The van der Waals surface area contributed by atoms with E-state index in [2.05, 4.69) is 4.90 Å². The van der Waals surface area contributed by atoms with Crippen LogP contribution in [0.25, 0.3) is 0 Å². The van der Waals surface area contributed by atoms with Gasteiger partial charge in [-0.2, -0.15) is 0 Å². The third kappa shape index (κ3) is 4.51. The molecule has 0 spiro atoms. The van der Waals surface area contributed by atoms with Crippen LogP contribution in [0.1, 0.15) is 18.4 Å². The zero-order valence-electron chi connectivity index (χ0n) is 11.6. The lowest BCUT2D eigenvalue weighted by Gasteiger charge is -2.15. The van der Waals surface area contributed by atoms with Crippen molar-refractivity contribution in [2.75, 3.05) is 26.2 Å². The minimum Gasteiger partial charge on any atom is -0.492 e. The number of aliphatic carboxylic acids is 1. The van der Waals surface area contributed by atoms with E-state index < -0.39 is 12.0 Å². The Morgan fingerprint density at radius 3 is 2.55 bits per heavy atom. The van der Waals surface area contributed by atoms with Gasteiger partial charge in [-0.05, 0) is 50.0 Å². The van der Waals surface area contributed by atoms with E-state index in [9.17, 15) is 4.79 Å². The van der Waals surface area contributed by atoms with Gasteiger partial charge in [0.25, 0.3) is 0 Å². The van der Waals surface area contributed by atoms with Crippen LogP contribution in [0.5, 0.6) is 5.75 Å². The van der Waals surface area contributed by atoms with Crippen molar-refractivity contribution < 1.29 is 14.6 Å². The standard InChI is InChI=1S/C15H22N2O3/c16-14(15(18)19)11-12-3-5-13(6-4-12)20-10-9-17-7-1-2-8-17/h3-6,14H,1-2,7-11,16H2,(H,18,19). The van der Waals surface area contributed by atoms with E-state index in [1.165, 1.54) is 25.9 Å². The maximum absolute atomic E-state index is 10.7. The van der Waals surface area contributed by atoms with Crippen molar-refractivity contribution in [1.29, 1.82) is 0 Å². The van der Waals surface area contributed by atoms with Crippen molar-refractivity contribution >= 4 is 5.97 Å². The van der Waals surface area contributed by atoms with Crippen LogP contribution >= 0.6 is 0 Å². The minimum absolute atomic E-state index is 0.337. The Morgan fingerprint density at radius 2 is 1.95 bits per heavy atom. The van der Waals surface area contributed by atoms with Gasteiger partial charge in [0.2, 0.25) is 0 Å². The quantitative estimate of drug-likeness (QED) is 0.781. The van der Waals surface area contributed by atoms with Crippen molar-refractivity contribution in [3.63, 3.8) is 0 Å². The largest absolute Gasteiger partial charge is 0.492 e. The van der Waals surface area contributed by atoms with Gasteiger partial charge in [-0.25, -0.2) is 0 Å². The SMILES string of the molecule is NC(Cc1ccc(OCCN2CCCC2)cc1)C(=O)O. The van der Waals surface area contributed by atoms with Gasteiger partial charge in [0.15, 0.2) is 0 Å². The van der Waals surface area contributed by atoms with E-state index in [1.54, 1.807) is 0 Å². The number of carboxylic acids is 1. The monoisotopic (exact) mass is 278 g/mol. The summed E-state index contributed by atoms with van der Waals surface area (Å²) in [6.45, 7) is 4.00. The van der Waals surface area contributed by atoms with E-state index >= 15 is 0 Å². The molecule has 2 rings (SSSR count). The molecule has 0 aliphatic carbocycles. The minimum atomic E-state index is -0.976. The third-order valence-electron chi connectivity index (χ3n) is 3.57. The van der Waals surface area contributed by atoms with Crippen LogP contribution in [0.15, 0.2) is 24.3 Å². The molecular formula is C15H22N2O3. The van der Waals surface area contributed by atoms with Gasteiger partial charge in [-0.1, -0.05) is 12.1 Å². The normalized spacial score (nSPS) is 17.1. The number of carboxylic acid groups (broad SMARTS) is 1. The first kappa shape index (κ1) is 14.8. The van der Waals surface area contributed by atoms with Crippen molar-refractivity contribution in [1.82, 2.24) is 4.90 Å². The molecule has 1 aliphatic rings. The first-order valence-electron chi connectivity index (χ1n) is 7.07. The molecule has 0 saturated carbocycles. The predicted octanol–water partition coefficient (Wildman–Crippen LogP) is 1.12. The average Bonchev–Trinajstić information content (AvgIpc) is 2.94. The lowest BCUT2D eigenvalue weighted by molar-refractivity contribution is -0.138. The fraction of sp³-hybridized carbons (Fsp3) is 0.533. The van der Waals surface area contributed by atoms with Crippen molar-refractivity contribution in [2.24, 2.45) is 5.73 Å². The van der Waals surface area contributed by atoms with Crippen LogP contribution in [-0.2, 0) is 11.2 Å². The predicted molar refractivity (Wildman–Crippen MR) is 76.9 cm³/mol. The molecule has 1 aliphatic heterocycles. The number of nitrogens with two attached hydrogens (primary N) is 1. The Morgan fingerprint density at radius 1 is 1.30 bits per heavy atom. The molecule has 1 saturated heterocycles. The Bertz CT molecular complexity index is 427. The molecule has 0 radical (unpaired) electrons. The maximum Gasteiger partial charge on any atom is 0.320 e. The third-order valence-corrected chi connectivity index (χ3v) is 3.57. The van der Waals surface area contributed by atoms with Crippen LogP contribution in [0.2, 0.25) is 0 Å². The number of ether oxygens (including phenoxy) is 1. The summed E-state index contributed by atoms with van der Waals surface area (Å²) in [7, 11) is 0. The van der Waals surface area contributed by atoms with Gasteiger partial charge in [0.1, 0.15) is 18.4 Å². The number of carbonyl (C=O) groups is 1. The first-order valence-corrected chi connectivity index (χ1v) is 7.07. The molecule has 1 aromatic rings. The molecule has 5 heteroatoms. The highest BCUT2D eigenvalue weighted by Gasteiger charge is 2.12. The van der Waals surface area contributed by atoms with Crippen LogP contribution in [0.4, 0.5) is 0 Å². The highest BCUT2D eigenvalue weighted by molar-refractivity contribution is 5.73. The summed E-state index contributed by atoms with van der Waals surface area (Å²) in [6.07, 6.45) is 2.92. The fourth-order valence-electron chi connectivity index (χ4n) is 2.36. The highest BCUT2D eigenvalue weighted by atomic mass is 16.5. The first-order chi connectivity index (χ1) is 9.65. The second-order valence-corrected chi connectivity index (χ2v) is 5.19. The molecule has 1 fully saturated rings. The van der Waals surface area contributed by atoms with Crippen molar-refractivity contribution in [3.05, 3.63) is 29.8 Å². The number of likely N-dealkylation sites (tertiary alicyclic amines) is 1. The molecule has 3 N–H and O–H groups in total. The van der Waals surface area contributed by atoms with Gasteiger partial charge >= 0.3 is 5.97 Å². The number of rotatable bonds is 7. The molecular weight excluding hydrogens is 256 g/mol. The van der Waals surface area contributed by atoms with Crippen LogP contribution < -0.4 is 10.5 Å². The maximum atomic E-state index is 10.7. The topological polar surface area (TPSA) is 75.8 Å². The molecule has 0 bridgehead atoms. The van der Waals surface area contributed by atoms with Crippen LogP contribution in [0.3, 0.4) is 0 Å². The summed E-state index contributed by atoms with van der Waals surface area (Å²) < 4.78 is 5.69. The zero-order valence-corrected chi connectivity index (χ0v) is 11.6. The van der Waals surface area contributed by atoms with E-state index in [4.69, 9.17) is 15.6 Å². The molecule has 1 aromatic carbocycles. The summed E-state index contributed by atoms with van der Waals surface area (Å²) in [4.78, 5) is 13.1. The highest BCUT2D eigenvalue weighted by Crippen LogP contribution is 2.14. The summed E-state index contributed by atoms with van der Waals surface area (Å²) in [5.41, 5.74) is 6.41. The number of nitrogens with zero attached hydrogens (tertiary/aromatic N) is 1. The second-order valence-electron chi connectivity index (χ2n) is 5.19. The fourth-order valence-corrected chi connectivity index (χ4v) is 2.36. The lowest BCUT2D eigenvalue weighted by atomic mass is 10.1. The van der Waals surface area contributed by atoms with Gasteiger partial charge in [0.05, 0.1) is 0 Å². The molecule has 1 unspecified atom stereocenters. The molecule has 1 atom stereocenters. The Balaban J connectivity index is 1.74. The van der Waals surface area contributed by atoms with Gasteiger partial charge < -0.3 is 15.6 Å². The smallest absolute Gasteiger partial charge is 0.320 e.